The zero-order chi connectivity index (χ0) is 15.0. The van der Waals surface area contributed by atoms with Gasteiger partial charge in [0.25, 0.3) is 0 Å². The van der Waals surface area contributed by atoms with Crippen LogP contribution < -0.4 is 5.73 Å². The molecule has 0 aromatic carbocycles. The first-order valence-corrected chi connectivity index (χ1v) is 6.93. The van der Waals surface area contributed by atoms with Crippen LogP contribution >= 0.6 is 0 Å². The highest BCUT2D eigenvalue weighted by Crippen LogP contribution is 2.37. The van der Waals surface area contributed by atoms with Gasteiger partial charge in [0.15, 0.2) is 0 Å². The van der Waals surface area contributed by atoms with E-state index in [1.807, 2.05) is 35.9 Å². The Morgan fingerprint density at radius 1 is 1.52 bits per heavy atom. The van der Waals surface area contributed by atoms with Crippen LogP contribution in [0.4, 0.5) is 0 Å². The minimum Gasteiger partial charge on any atom is -0.402 e. The van der Waals surface area contributed by atoms with E-state index in [2.05, 4.69) is 11.1 Å². The summed E-state index contributed by atoms with van der Waals surface area (Å²) < 4.78 is 1.89. The number of imidazole rings is 1. The standard InChI is InChI=1S/C16H17N5/c1-16(10-17)5-4-12(13(18)8-16)15(19)11-2-3-14-20-6-7-21(14)9-11/h2-3,6-7,9,19H,4-5,8,18H2,1H3. The number of hydrogen-bond acceptors (Lipinski definition) is 4. The molecule has 0 amide bonds. The number of nitrogens with zero attached hydrogens (tertiary/aromatic N) is 3. The number of rotatable bonds is 2. The Morgan fingerprint density at radius 3 is 3.05 bits per heavy atom. The van der Waals surface area contributed by atoms with E-state index in [-0.39, 0.29) is 0 Å². The van der Waals surface area contributed by atoms with Gasteiger partial charge in [0, 0.05) is 36.3 Å². The summed E-state index contributed by atoms with van der Waals surface area (Å²) >= 11 is 0. The Labute approximate surface area is 123 Å². The molecule has 0 bridgehead atoms. The van der Waals surface area contributed by atoms with Crippen molar-refractivity contribution in [1.82, 2.24) is 9.38 Å². The van der Waals surface area contributed by atoms with Gasteiger partial charge in [-0.2, -0.15) is 5.26 Å². The fraction of sp³-hybridized carbons (Fsp3) is 0.312. The highest BCUT2D eigenvalue weighted by Gasteiger charge is 2.31. The van der Waals surface area contributed by atoms with Crippen LogP contribution in [0.25, 0.3) is 5.65 Å². The summed E-state index contributed by atoms with van der Waals surface area (Å²) in [7, 11) is 0. The van der Waals surface area contributed by atoms with Crippen LogP contribution in [0.2, 0.25) is 0 Å². The fourth-order valence-corrected chi connectivity index (χ4v) is 2.80. The molecule has 5 nitrogen and oxygen atoms in total. The van der Waals surface area contributed by atoms with E-state index in [1.54, 1.807) is 6.20 Å². The normalized spacial score (nSPS) is 22.3. The highest BCUT2D eigenvalue weighted by atomic mass is 15.0. The number of aromatic nitrogens is 2. The summed E-state index contributed by atoms with van der Waals surface area (Å²) in [4.78, 5) is 4.20. The molecule has 0 fully saturated rings. The number of pyridine rings is 1. The Kier molecular flexibility index (Phi) is 3.02. The predicted molar refractivity (Wildman–Crippen MR) is 80.8 cm³/mol. The summed E-state index contributed by atoms with van der Waals surface area (Å²) in [5, 5.41) is 17.6. The third-order valence-electron chi connectivity index (χ3n) is 4.14. The molecule has 1 unspecified atom stereocenters. The Morgan fingerprint density at radius 2 is 2.33 bits per heavy atom. The third-order valence-corrected chi connectivity index (χ3v) is 4.14. The molecule has 106 valence electrons. The van der Waals surface area contributed by atoms with Gasteiger partial charge in [0.05, 0.1) is 17.2 Å². The lowest BCUT2D eigenvalue weighted by molar-refractivity contribution is 0.381. The van der Waals surface area contributed by atoms with E-state index >= 15 is 0 Å². The van der Waals surface area contributed by atoms with Gasteiger partial charge >= 0.3 is 0 Å². The molecule has 0 aliphatic heterocycles. The summed E-state index contributed by atoms with van der Waals surface area (Å²) in [5.74, 6) is 0. The maximum absolute atomic E-state index is 9.21. The molecule has 0 saturated heterocycles. The summed E-state index contributed by atoms with van der Waals surface area (Å²) in [6.45, 7) is 1.93. The van der Waals surface area contributed by atoms with Crippen LogP contribution in [0, 0.1) is 22.2 Å². The number of nitrogens with one attached hydrogen (secondary N) is 1. The highest BCUT2D eigenvalue weighted by molar-refractivity contribution is 6.11. The van der Waals surface area contributed by atoms with E-state index in [4.69, 9.17) is 11.1 Å². The summed E-state index contributed by atoms with van der Waals surface area (Å²) in [6.07, 6.45) is 7.44. The first-order valence-electron chi connectivity index (χ1n) is 6.93. The zero-order valence-corrected chi connectivity index (χ0v) is 11.9. The predicted octanol–water partition coefficient (Wildman–Crippen LogP) is 2.63. The second-order valence-corrected chi connectivity index (χ2v) is 5.84. The van der Waals surface area contributed by atoms with Crippen molar-refractivity contribution < 1.29 is 0 Å². The lowest BCUT2D eigenvalue weighted by atomic mass is 9.75. The van der Waals surface area contributed by atoms with Crippen molar-refractivity contribution in [2.75, 3.05) is 0 Å². The van der Waals surface area contributed by atoms with Gasteiger partial charge in [-0.05, 0) is 37.5 Å². The van der Waals surface area contributed by atoms with Crippen molar-refractivity contribution in [2.24, 2.45) is 11.1 Å². The molecule has 2 aromatic rings. The molecule has 21 heavy (non-hydrogen) atoms. The van der Waals surface area contributed by atoms with Gasteiger partial charge in [0.1, 0.15) is 5.65 Å². The zero-order valence-electron chi connectivity index (χ0n) is 11.9. The van der Waals surface area contributed by atoms with Gasteiger partial charge in [-0.3, -0.25) is 5.41 Å². The first-order chi connectivity index (χ1) is 10.0. The Hall–Kier alpha value is -2.61. The molecular formula is C16H17N5. The monoisotopic (exact) mass is 279 g/mol. The van der Waals surface area contributed by atoms with E-state index in [0.29, 0.717) is 24.3 Å². The largest absolute Gasteiger partial charge is 0.402 e. The number of allylic oxidation sites excluding steroid dienone is 2. The average molecular weight is 279 g/mol. The van der Waals surface area contributed by atoms with Crippen molar-refractivity contribution in [1.29, 1.82) is 10.7 Å². The molecule has 0 spiro atoms. The number of fused-ring (bicyclic) bond motifs is 1. The molecule has 1 aliphatic rings. The molecule has 1 aliphatic carbocycles. The molecule has 1 atom stereocenters. The van der Waals surface area contributed by atoms with E-state index in [1.165, 1.54) is 0 Å². The van der Waals surface area contributed by atoms with Crippen LogP contribution in [0.15, 0.2) is 42.0 Å². The molecule has 3 rings (SSSR count). The van der Waals surface area contributed by atoms with Crippen molar-refractivity contribution in [3.63, 3.8) is 0 Å². The van der Waals surface area contributed by atoms with Gasteiger partial charge in [-0.15, -0.1) is 0 Å². The van der Waals surface area contributed by atoms with Gasteiger partial charge in [0.2, 0.25) is 0 Å². The van der Waals surface area contributed by atoms with Gasteiger partial charge < -0.3 is 10.1 Å². The SMILES string of the molecule is CC1(C#N)CCC(C(=N)c2ccc3nccn3c2)=C(N)C1. The lowest BCUT2D eigenvalue weighted by Gasteiger charge is -2.29. The van der Waals surface area contributed by atoms with E-state index in [0.717, 1.165) is 23.2 Å². The minimum absolute atomic E-state index is 0.401. The number of nitrogens with two attached hydrogens (primary N) is 1. The minimum atomic E-state index is -0.401. The van der Waals surface area contributed by atoms with Crippen molar-refractivity contribution in [3.8, 4) is 6.07 Å². The summed E-state index contributed by atoms with van der Waals surface area (Å²) in [6, 6.07) is 6.12. The third kappa shape index (κ3) is 2.29. The average Bonchev–Trinajstić information content (AvgIpc) is 2.94. The molecule has 0 saturated carbocycles. The Bertz CT molecular complexity index is 792. The topological polar surface area (TPSA) is 91.0 Å². The maximum Gasteiger partial charge on any atom is 0.136 e. The Balaban J connectivity index is 1.95. The van der Waals surface area contributed by atoms with Crippen LogP contribution in [-0.4, -0.2) is 15.1 Å². The fourth-order valence-electron chi connectivity index (χ4n) is 2.80. The van der Waals surface area contributed by atoms with Gasteiger partial charge in [-0.25, -0.2) is 4.98 Å². The van der Waals surface area contributed by atoms with E-state index < -0.39 is 5.41 Å². The quantitative estimate of drug-likeness (QED) is 0.828. The molecule has 5 heteroatoms. The molecule has 2 aromatic heterocycles. The lowest BCUT2D eigenvalue weighted by Crippen LogP contribution is -2.26. The van der Waals surface area contributed by atoms with E-state index in [9.17, 15) is 5.26 Å². The first kappa shape index (κ1) is 13.4. The number of hydrogen-bond donors (Lipinski definition) is 2. The molecular weight excluding hydrogens is 262 g/mol. The molecule has 0 radical (unpaired) electrons. The number of nitriles is 1. The molecule has 2 heterocycles. The van der Waals surface area contributed by atoms with Crippen molar-refractivity contribution in [3.05, 3.63) is 47.6 Å². The second kappa shape index (κ2) is 4.74. The van der Waals surface area contributed by atoms with Crippen LogP contribution in [0.1, 0.15) is 31.7 Å². The second-order valence-electron chi connectivity index (χ2n) is 5.84. The van der Waals surface area contributed by atoms with Crippen LogP contribution in [0.3, 0.4) is 0 Å². The van der Waals surface area contributed by atoms with Crippen LogP contribution in [-0.2, 0) is 0 Å². The van der Waals surface area contributed by atoms with Crippen molar-refractivity contribution >= 4 is 11.4 Å². The maximum atomic E-state index is 9.21. The van der Waals surface area contributed by atoms with Crippen LogP contribution in [0.5, 0.6) is 0 Å². The summed E-state index contributed by atoms with van der Waals surface area (Å²) in [5.41, 5.74) is 9.38. The smallest absolute Gasteiger partial charge is 0.136 e. The van der Waals surface area contributed by atoms with Gasteiger partial charge in [-0.1, -0.05) is 0 Å². The molecule has 3 N–H and O–H groups in total. The van der Waals surface area contributed by atoms with Crippen molar-refractivity contribution in [2.45, 2.75) is 26.2 Å².